The number of carbonyl (C=O) groups is 1. The van der Waals surface area contributed by atoms with Crippen LogP contribution in [-0.2, 0) is 29.7 Å². The first kappa shape index (κ1) is 29.8. The molecule has 1 aliphatic rings. The Morgan fingerprint density at radius 1 is 1.13 bits per heavy atom. The van der Waals surface area contributed by atoms with Gasteiger partial charge >= 0.3 is 0 Å². The van der Waals surface area contributed by atoms with E-state index in [2.05, 4.69) is 11.7 Å². The van der Waals surface area contributed by atoms with Crippen LogP contribution in [0.2, 0.25) is 0 Å². The lowest BCUT2D eigenvalue weighted by molar-refractivity contribution is -0.129. The van der Waals surface area contributed by atoms with Crippen molar-refractivity contribution in [1.82, 2.24) is 29.4 Å². The van der Waals surface area contributed by atoms with Gasteiger partial charge in [0.05, 0.1) is 48.4 Å². The number of pyridine rings is 1. The fourth-order valence-electron chi connectivity index (χ4n) is 6.06. The van der Waals surface area contributed by atoms with Crippen molar-refractivity contribution in [3.63, 3.8) is 0 Å². The number of carbonyl (C=O) groups excluding carboxylic acids is 1. The van der Waals surface area contributed by atoms with Crippen molar-refractivity contribution >= 4 is 38.2 Å². The van der Waals surface area contributed by atoms with Crippen LogP contribution in [0.15, 0.2) is 66.7 Å². The molecule has 1 aliphatic heterocycles. The van der Waals surface area contributed by atoms with E-state index in [0.717, 1.165) is 38.3 Å². The molecule has 0 saturated heterocycles. The van der Waals surface area contributed by atoms with Crippen LogP contribution >= 0.6 is 11.3 Å². The predicted octanol–water partition coefficient (Wildman–Crippen LogP) is 6.60. The zero-order valence-corrected chi connectivity index (χ0v) is 26.3. The molecular formula is C34H30F2N6O3S. The van der Waals surface area contributed by atoms with Crippen LogP contribution in [0.25, 0.3) is 54.8 Å². The van der Waals surface area contributed by atoms with Crippen molar-refractivity contribution in [1.29, 1.82) is 0 Å². The van der Waals surface area contributed by atoms with Crippen LogP contribution < -0.4 is 4.74 Å². The van der Waals surface area contributed by atoms with Gasteiger partial charge in [-0.25, -0.2) is 13.8 Å². The number of thiophene rings is 1. The Morgan fingerprint density at radius 2 is 1.98 bits per heavy atom. The molecular weight excluding hydrogens is 610 g/mol. The molecule has 234 valence electrons. The van der Waals surface area contributed by atoms with Gasteiger partial charge in [-0.3, -0.25) is 14.2 Å². The number of ether oxygens (including phenoxy) is 2. The summed E-state index contributed by atoms with van der Waals surface area (Å²) in [5.74, 6) is -1.67. The summed E-state index contributed by atoms with van der Waals surface area (Å²) in [5, 5.41) is 13.0. The average molecular weight is 641 g/mol. The number of hydrogen-bond donors (Lipinski definition) is 0. The molecule has 1 atom stereocenters. The second-order valence-corrected chi connectivity index (χ2v) is 12.1. The monoisotopic (exact) mass is 640 g/mol. The van der Waals surface area contributed by atoms with Gasteiger partial charge in [0.1, 0.15) is 35.4 Å². The van der Waals surface area contributed by atoms with Gasteiger partial charge < -0.3 is 14.4 Å². The van der Waals surface area contributed by atoms with Gasteiger partial charge in [-0.15, -0.1) is 11.3 Å². The van der Waals surface area contributed by atoms with Crippen molar-refractivity contribution < 1.29 is 23.0 Å². The number of amides is 1. The Labute approximate surface area is 267 Å². The number of fused-ring (bicyclic) bond motifs is 3. The Bertz CT molecular complexity index is 2150. The van der Waals surface area contributed by atoms with E-state index in [1.54, 1.807) is 15.8 Å². The number of methoxy groups -OCH3 is 1. The fraction of sp³-hybridized carbons (Fsp3) is 0.235. The van der Waals surface area contributed by atoms with Crippen molar-refractivity contribution in [2.24, 2.45) is 7.05 Å². The largest absolute Gasteiger partial charge is 0.490 e. The zero-order chi connectivity index (χ0) is 32.1. The van der Waals surface area contributed by atoms with E-state index < -0.39 is 11.6 Å². The van der Waals surface area contributed by atoms with E-state index in [-0.39, 0.29) is 36.5 Å². The third kappa shape index (κ3) is 5.03. The molecule has 7 rings (SSSR count). The van der Waals surface area contributed by atoms with Gasteiger partial charge in [0.2, 0.25) is 5.91 Å². The number of nitrogens with zero attached hydrogens (tertiary/aromatic N) is 6. The van der Waals surface area contributed by atoms with E-state index in [1.807, 2.05) is 54.4 Å². The normalized spacial score (nSPS) is 14.6. The summed E-state index contributed by atoms with van der Waals surface area (Å²) in [4.78, 5) is 19.5. The summed E-state index contributed by atoms with van der Waals surface area (Å²) in [6.07, 6.45) is 3.11. The zero-order valence-electron chi connectivity index (χ0n) is 25.5. The lowest BCUT2D eigenvalue weighted by Gasteiger charge is -2.33. The van der Waals surface area contributed by atoms with Gasteiger partial charge in [0, 0.05) is 58.9 Å². The maximum atomic E-state index is 16.0. The molecule has 0 spiro atoms. The smallest absolute Gasteiger partial charge is 0.246 e. The standard InChI is InChI=1S/C34H30F2N6O3S/c1-5-29(43)41-18-23-15-26(39-42(23)17-19(41)2)33-31(30-25(36)13-22(35)14-28(30)45-10-9-44-4)34-24(8-11-46-34)32(38-33)20-6-7-27-21(12-20)16-37-40(27)3/h5-8,11-16,19H,1,9-10,17-18H2,2-4H3. The molecule has 0 N–H and O–H groups in total. The Hall–Kier alpha value is -4.94. The van der Waals surface area contributed by atoms with Crippen LogP contribution in [0.4, 0.5) is 8.78 Å². The number of aryl methyl sites for hydroxylation is 1. The first-order valence-corrected chi connectivity index (χ1v) is 15.6. The average Bonchev–Trinajstić information content (AvgIpc) is 3.78. The Balaban J connectivity index is 1.49. The summed E-state index contributed by atoms with van der Waals surface area (Å²) in [7, 11) is 3.42. The van der Waals surface area contributed by atoms with Gasteiger partial charge in [-0.2, -0.15) is 10.2 Å². The number of hydrogen-bond acceptors (Lipinski definition) is 7. The molecule has 1 unspecified atom stereocenters. The molecule has 12 heteroatoms. The van der Waals surface area contributed by atoms with Crippen LogP contribution in [0.3, 0.4) is 0 Å². The predicted molar refractivity (Wildman–Crippen MR) is 173 cm³/mol. The molecule has 5 heterocycles. The van der Waals surface area contributed by atoms with E-state index in [1.165, 1.54) is 30.6 Å². The minimum atomic E-state index is -0.782. The van der Waals surface area contributed by atoms with Gasteiger partial charge in [-0.1, -0.05) is 12.6 Å². The molecule has 6 aromatic rings. The highest BCUT2D eigenvalue weighted by molar-refractivity contribution is 7.18. The van der Waals surface area contributed by atoms with E-state index in [0.29, 0.717) is 35.7 Å². The van der Waals surface area contributed by atoms with E-state index in [4.69, 9.17) is 19.6 Å². The maximum absolute atomic E-state index is 16.0. The number of rotatable bonds is 8. The third-order valence-electron chi connectivity index (χ3n) is 8.31. The van der Waals surface area contributed by atoms with Gasteiger partial charge in [0.25, 0.3) is 0 Å². The van der Waals surface area contributed by atoms with Gasteiger partial charge in [0.15, 0.2) is 0 Å². The Morgan fingerprint density at radius 3 is 2.78 bits per heavy atom. The highest BCUT2D eigenvalue weighted by Gasteiger charge is 2.30. The molecule has 9 nitrogen and oxygen atoms in total. The summed E-state index contributed by atoms with van der Waals surface area (Å²) in [6.45, 7) is 6.72. The lowest BCUT2D eigenvalue weighted by Crippen LogP contribution is -2.44. The Kier molecular flexibility index (Phi) is 7.61. The molecule has 0 saturated carbocycles. The molecule has 2 aromatic carbocycles. The van der Waals surface area contributed by atoms with Crippen LogP contribution in [0.1, 0.15) is 12.6 Å². The first-order chi connectivity index (χ1) is 22.3. The number of aromatic nitrogens is 5. The summed E-state index contributed by atoms with van der Waals surface area (Å²) in [6, 6.07) is 11.8. The highest BCUT2D eigenvalue weighted by Crippen LogP contribution is 2.47. The molecule has 1 amide bonds. The molecule has 0 radical (unpaired) electrons. The summed E-state index contributed by atoms with van der Waals surface area (Å²) >= 11 is 1.43. The van der Waals surface area contributed by atoms with Gasteiger partial charge in [-0.05, 0) is 42.6 Å². The van der Waals surface area contributed by atoms with E-state index in [9.17, 15) is 9.18 Å². The minimum absolute atomic E-state index is 0.0391. The molecule has 4 aromatic heterocycles. The molecule has 46 heavy (non-hydrogen) atoms. The number of benzene rings is 2. The lowest BCUT2D eigenvalue weighted by atomic mass is 9.96. The molecule has 0 aliphatic carbocycles. The second kappa shape index (κ2) is 11.8. The topological polar surface area (TPSA) is 87.3 Å². The third-order valence-corrected chi connectivity index (χ3v) is 9.24. The van der Waals surface area contributed by atoms with Crippen molar-refractivity contribution in [3.05, 3.63) is 84.0 Å². The van der Waals surface area contributed by atoms with Crippen LogP contribution in [-0.4, -0.2) is 61.7 Å². The van der Waals surface area contributed by atoms with E-state index >= 15 is 4.39 Å². The minimum Gasteiger partial charge on any atom is -0.490 e. The fourth-order valence-corrected chi connectivity index (χ4v) is 7.01. The summed E-state index contributed by atoms with van der Waals surface area (Å²) in [5.41, 5.74) is 4.76. The second-order valence-electron chi connectivity index (χ2n) is 11.2. The SMILES string of the molecule is C=CC(=O)N1Cc2cc(-c3nc(-c4ccc5c(cnn5C)c4)c4ccsc4c3-c3c(F)cc(F)cc3OCCOC)nn2CC1C. The van der Waals surface area contributed by atoms with Crippen molar-refractivity contribution in [3.8, 4) is 39.5 Å². The highest BCUT2D eigenvalue weighted by atomic mass is 32.1. The maximum Gasteiger partial charge on any atom is 0.246 e. The van der Waals surface area contributed by atoms with Crippen LogP contribution in [0.5, 0.6) is 5.75 Å². The quantitative estimate of drug-likeness (QED) is 0.138. The molecule has 0 bridgehead atoms. The molecule has 0 fully saturated rings. The van der Waals surface area contributed by atoms with Crippen molar-refractivity contribution in [2.45, 2.75) is 26.1 Å². The summed E-state index contributed by atoms with van der Waals surface area (Å²) < 4.78 is 46.1. The first-order valence-electron chi connectivity index (χ1n) is 14.7. The van der Waals surface area contributed by atoms with Crippen LogP contribution in [0, 0.1) is 11.6 Å². The van der Waals surface area contributed by atoms with Crippen molar-refractivity contribution in [2.75, 3.05) is 20.3 Å². The number of halogens is 2.